The molecule has 0 bridgehead atoms. The van der Waals surface area contributed by atoms with Gasteiger partial charge in [0.05, 0.1) is 0 Å². The number of aromatic nitrogens is 2. The van der Waals surface area contributed by atoms with Crippen molar-refractivity contribution in [3.05, 3.63) is 71.9 Å². The highest BCUT2D eigenvalue weighted by Gasteiger charge is 2.08. The minimum Gasteiger partial charge on any atom is -0.445 e. The van der Waals surface area contributed by atoms with Crippen molar-refractivity contribution in [1.29, 1.82) is 0 Å². The van der Waals surface area contributed by atoms with Crippen LogP contribution >= 0.6 is 0 Å². The lowest BCUT2D eigenvalue weighted by Gasteiger charge is -2.14. The first-order chi connectivity index (χ1) is 15.4. The number of nitrogens with zero attached hydrogens (tertiary/aromatic N) is 3. The maximum Gasteiger partial charge on any atom is 0.407 e. The van der Waals surface area contributed by atoms with Crippen LogP contribution in [-0.2, 0) is 16.1 Å². The monoisotopic (exact) mass is 434 g/mol. The summed E-state index contributed by atoms with van der Waals surface area (Å²) in [6, 6.07) is 18.3. The van der Waals surface area contributed by atoms with Crippen molar-refractivity contribution in [1.82, 2.24) is 15.3 Å². The maximum absolute atomic E-state index is 12.1. The number of aryl methyl sites for hydroxylation is 1. The summed E-state index contributed by atoms with van der Waals surface area (Å²) in [5, 5.41) is 8.30. The molecule has 1 heterocycles. The molecule has 3 rings (SSSR count). The number of amides is 2. The largest absolute Gasteiger partial charge is 0.445 e. The van der Waals surface area contributed by atoms with Gasteiger partial charge in [-0.3, -0.25) is 4.79 Å². The quantitative estimate of drug-likeness (QED) is 0.498. The van der Waals surface area contributed by atoms with E-state index in [-0.39, 0.29) is 19.1 Å². The van der Waals surface area contributed by atoms with Crippen LogP contribution in [0.25, 0.3) is 0 Å². The fraction of sp³-hybridized carbons (Fsp3) is 0.217. The van der Waals surface area contributed by atoms with E-state index >= 15 is 0 Å². The zero-order valence-electron chi connectivity index (χ0n) is 18.3. The first-order valence-corrected chi connectivity index (χ1v) is 10.0. The molecule has 3 aromatic rings. The maximum atomic E-state index is 12.1. The van der Waals surface area contributed by atoms with Gasteiger partial charge in [0.1, 0.15) is 19.0 Å². The SMILES string of the molecule is Cc1cc(N(C)C)nc(Nc2ccc(NC(=O)CNC(=O)OCc3ccccc3)cc2)n1. The fourth-order valence-electron chi connectivity index (χ4n) is 2.73. The average molecular weight is 435 g/mol. The summed E-state index contributed by atoms with van der Waals surface area (Å²) in [5.41, 5.74) is 3.10. The van der Waals surface area contributed by atoms with Gasteiger partial charge in [0, 0.05) is 37.2 Å². The van der Waals surface area contributed by atoms with Crippen LogP contribution in [0.15, 0.2) is 60.7 Å². The molecule has 0 aliphatic carbocycles. The lowest BCUT2D eigenvalue weighted by atomic mass is 10.2. The molecule has 2 amide bonds. The van der Waals surface area contributed by atoms with Crippen LogP contribution in [0, 0.1) is 6.92 Å². The summed E-state index contributed by atoms with van der Waals surface area (Å²) in [4.78, 5) is 34.6. The summed E-state index contributed by atoms with van der Waals surface area (Å²) in [6.45, 7) is 1.85. The van der Waals surface area contributed by atoms with Crippen molar-refractivity contribution in [2.75, 3.05) is 36.2 Å². The lowest BCUT2D eigenvalue weighted by Crippen LogP contribution is -2.33. The van der Waals surface area contributed by atoms with Gasteiger partial charge >= 0.3 is 6.09 Å². The van der Waals surface area contributed by atoms with Crippen molar-refractivity contribution < 1.29 is 14.3 Å². The van der Waals surface area contributed by atoms with Crippen LogP contribution in [0.5, 0.6) is 0 Å². The predicted molar refractivity (Wildman–Crippen MR) is 124 cm³/mol. The van der Waals surface area contributed by atoms with E-state index in [1.165, 1.54) is 0 Å². The molecule has 1 aromatic heterocycles. The molecule has 0 fully saturated rings. The Kier molecular flexibility index (Phi) is 7.58. The van der Waals surface area contributed by atoms with Crippen LogP contribution in [0.2, 0.25) is 0 Å². The smallest absolute Gasteiger partial charge is 0.407 e. The number of carbonyl (C=O) groups is 2. The van der Waals surface area contributed by atoms with Gasteiger partial charge in [0.2, 0.25) is 11.9 Å². The van der Waals surface area contributed by atoms with E-state index in [1.54, 1.807) is 24.3 Å². The summed E-state index contributed by atoms with van der Waals surface area (Å²) in [6.07, 6.45) is -0.654. The minimum absolute atomic E-state index is 0.142. The van der Waals surface area contributed by atoms with Crippen molar-refractivity contribution in [3.63, 3.8) is 0 Å². The zero-order chi connectivity index (χ0) is 22.9. The number of hydrogen-bond acceptors (Lipinski definition) is 7. The third-order valence-corrected chi connectivity index (χ3v) is 4.33. The van der Waals surface area contributed by atoms with Crippen molar-refractivity contribution >= 4 is 35.1 Å². The molecular formula is C23H26N6O3. The Morgan fingerprint density at radius 1 is 0.969 bits per heavy atom. The van der Waals surface area contributed by atoms with Gasteiger partial charge in [0.15, 0.2) is 0 Å². The fourth-order valence-corrected chi connectivity index (χ4v) is 2.73. The number of hydrogen-bond donors (Lipinski definition) is 3. The van der Waals surface area contributed by atoms with E-state index in [1.807, 2.05) is 62.3 Å². The van der Waals surface area contributed by atoms with Crippen LogP contribution in [-0.4, -0.2) is 42.6 Å². The molecule has 32 heavy (non-hydrogen) atoms. The summed E-state index contributed by atoms with van der Waals surface area (Å²) in [5.74, 6) is 0.933. The van der Waals surface area contributed by atoms with Gasteiger partial charge in [-0.2, -0.15) is 4.98 Å². The molecule has 0 aliphatic heterocycles. The summed E-state index contributed by atoms with van der Waals surface area (Å²) in [7, 11) is 3.84. The second-order valence-electron chi connectivity index (χ2n) is 7.25. The number of carbonyl (C=O) groups excluding carboxylic acids is 2. The third-order valence-electron chi connectivity index (χ3n) is 4.33. The van der Waals surface area contributed by atoms with Gasteiger partial charge < -0.3 is 25.6 Å². The Bertz CT molecular complexity index is 1060. The second kappa shape index (κ2) is 10.8. The van der Waals surface area contributed by atoms with E-state index < -0.39 is 6.09 Å². The molecule has 0 aliphatic rings. The van der Waals surface area contributed by atoms with E-state index in [0.29, 0.717) is 11.6 Å². The Labute approximate surface area is 186 Å². The van der Waals surface area contributed by atoms with Crippen LogP contribution in [0.1, 0.15) is 11.3 Å². The lowest BCUT2D eigenvalue weighted by molar-refractivity contribution is -0.115. The molecule has 0 unspecified atom stereocenters. The summed E-state index contributed by atoms with van der Waals surface area (Å²) < 4.78 is 5.08. The zero-order valence-corrected chi connectivity index (χ0v) is 18.3. The molecule has 2 aromatic carbocycles. The number of anilines is 4. The highest BCUT2D eigenvalue weighted by atomic mass is 16.5. The normalized spacial score (nSPS) is 10.2. The van der Waals surface area contributed by atoms with Gasteiger partial charge in [-0.25, -0.2) is 9.78 Å². The highest BCUT2D eigenvalue weighted by molar-refractivity contribution is 5.94. The van der Waals surface area contributed by atoms with Gasteiger partial charge in [-0.05, 0) is 36.8 Å². The Morgan fingerprint density at radius 3 is 2.34 bits per heavy atom. The standard InChI is InChI=1S/C23H26N6O3/c1-16-13-20(29(2)3)28-22(25-16)27-19-11-9-18(10-12-19)26-21(30)14-24-23(31)32-15-17-7-5-4-6-8-17/h4-13H,14-15H2,1-3H3,(H,24,31)(H,26,30)(H,25,27,28). The predicted octanol–water partition coefficient (Wildman–Crippen LogP) is 3.46. The van der Waals surface area contributed by atoms with Crippen molar-refractivity contribution in [2.45, 2.75) is 13.5 Å². The van der Waals surface area contributed by atoms with Gasteiger partial charge in [0.25, 0.3) is 0 Å². The highest BCUT2D eigenvalue weighted by Crippen LogP contribution is 2.19. The molecule has 0 radical (unpaired) electrons. The number of nitrogens with one attached hydrogen (secondary N) is 3. The molecular weight excluding hydrogens is 408 g/mol. The van der Waals surface area contributed by atoms with E-state index in [9.17, 15) is 9.59 Å². The first kappa shape index (κ1) is 22.5. The molecule has 9 heteroatoms. The number of benzene rings is 2. The molecule has 0 saturated carbocycles. The number of ether oxygens (including phenoxy) is 1. The van der Waals surface area contributed by atoms with Gasteiger partial charge in [-0.1, -0.05) is 30.3 Å². The molecule has 9 nitrogen and oxygen atoms in total. The Morgan fingerprint density at radius 2 is 1.66 bits per heavy atom. The first-order valence-electron chi connectivity index (χ1n) is 10.0. The Hall–Kier alpha value is -4.14. The average Bonchev–Trinajstić information content (AvgIpc) is 2.78. The van der Waals surface area contributed by atoms with Crippen LogP contribution in [0.3, 0.4) is 0 Å². The topological polar surface area (TPSA) is 108 Å². The van der Waals surface area contributed by atoms with E-state index in [2.05, 4.69) is 25.9 Å². The van der Waals surface area contributed by atoms with Crippen molar-refractivity contribution in [2.24, 2.45) is 0 Å². The second-order valence-corrected chi connectivity index (χ2v) is 7.25. The molecule has 3 N–H and O–H groups in total. The Balaban J connectivity index is 1.46. The van der Waals surface area contributed by atoms with Crippen LogP contribution < -0.4 is 20.9 Å². The molecule has 0 atom stereocenters. The van der Waals surface area contributed by atoms with Crippen LogP contribution in [0.4, 0.5) is 27.9 Å². The third kappa shape index (κ3) is 6.98. The van der Waals surface area contributed by atoms with E-state index in [0.717, 1.165) is 22.8 Å². The minimum atomic E-state index is -0.654. The number of alkyl carbamates (subject to hydrolysis) is 1. The number of rotatable bonds is 8. The molecule has 166 valence electrons. The van der Waals surface area contributed by atoms with Gasteiger partial charge in [-0.15, -0.1) is 0 Å². The molecule has 0 spiro atoms. The molecule has 0 saturated heterocycles. The van der Waals surface area contributed by atoms with Crippen molar-refractivity contribution in [3.8, 4) is 0 Å². The summed E-state index contributed by atoms with van der Waals surface area (Å²) >= 11 is 0. The van der Waals surface area contributed by atoms with E-state index in [4.69, 9.17) is 4.74 Å².